The van der Waals surface area contributed by atoms with Gasteiger partial charge in [-0.15, -0.1) is 0 Å². The smallest absolute Gasteiger partial charge is 0.251 e. The van der Waals surface area contributed by atoms with E-state index in [1.807, 2.05) is 0 Å². The van der Waals surface area contributed by atoms with Crippen molar-refractivity contribution in [1.82, 2.24) is 5.32 Å². The second-order valence-corrected chi connectivity index (χ2v) is 4.88. The van der Waals surface area contributed by atoms with Crippen molar-refractivity contribution in [3.8, 4) is 5.75 Å². The van der Waals surface area contributed by atoms with Crippen LogP contribution in [0.1, 0.15) is 29.6 Å². The number of hydrogen-bond donors (Lipinski definition) is 2. The predicted molar refractivity (Wildman–Crippen MR) is 68.7 cm³/mol. The van der Waals surface area contributed by atoms with Crippen LogP contribution in [0.4, 0.5) is 0 Å². The molecule has 0 heterocycles. The molecule has 0 spiro atoms. The maximum atomic E-state index is 11.9. The Morgan fingerprint density at radius 1 is 1.39 bits per heavy atom. The van der Waals surface area contributed by atoms with E-state index in [2.05, 4.69) is 5.32 Å². The van der Waals surface area contributed by atoms with E-state index in [0.29, 0.717) is 12.1 Å². The van der Waals surface area contributed by atoms with Gasteiger partial charge in [-0.1, -0.05) is 0 Å². The summed E-state index contributed by atoms with van der Waals surface area (Å²) in [6.45, 7) is 0.844. The summed E-state index contributed by atoms with van der Waals surface area (Å²) in [5.41, 5.74) is 0.784. The van der Waals surface area contributed by atoms with Crippen molar-refractivity contribution in [1.29, 1.82) is 0 Å². The van der Waals surface area contributed by atoms with Crippen LogP contribution in [0.2, 0.25) is 0 Å². The van der Waals surface area contributed by atoms with Gasteiger partial charge < -0.3 is 15.2 Å². The second-order valence-electron chi connectivity index (χ2n) is 4.88. The number of ether oxygens (including phenoxy) is 1. The topological polar surface area (TPSA) is 58.6 Å². The van der Waals surface area contributed by atoms with Gasteiger partial charge in [0, 0.05) is 18.7 Å². The Bertz CT molecular complexity index is 410. The molecule has 0 aliphatic heterocycles. The molecule has 4 nitrogen and oxygen atoms in total. The lowest BCUT2D eigenvalue weighted by molar-refractivity contribution is 0.0941. The van der Waals surface area contributed by atoms with Crippen molar-refractivity contribution in [3.63, 3.8) is 0 Å². The third kappa shape index (κ3) is 3.01. The molecule has 1 aliphatic carbocycles. The zero-order valence-corrected chi connectivity index (χ0v) is 10.6. The Labute approximate surface area is 107 Å². The van der Waals surface area contributed by atoms with Gasteiger partial charge in [0.25, 0.3) is 5.91 Å². The van der Waals surface area contributed by atoms with E-state index >= 15 is 0 Å². The molecule has 1 saturated carbocycles. The van der Waals surface area contributed by atoms with Crippen LogP contribution >= 0.6 is 0 Å². The van der Waals surface area contributed by atoms with Crippen LogP contribution in [0.15, 0.2) is 24.3 Å². The van der Waals surface area contributed by atoms with Crippen LogP contribution < -0.4 is 10.1 Å². The van der Waals surface area contributed by atoms with E-state index in [-0.39, 0.29) is 17.9 Å². The largest absolute Gasteiger partial charge is 0.497 e. The molecule has 0 bridgehead atoms. The maximum absolute atomic E-state index is 11.9. The van der Waals surface area contributed by atoms with E-state index in [4.69, 9.17) is 9.84 Å². The zero-order valence-electron chi connectivity index (χ0n) is 10.6. The van der Waals surface area contributed by atoms with E-state index in [0.717, 1.165) is 25.0 Å². The summed E-state index contributed by atoms with van der Waals surface area (Å²) >= 11 is 0. The number of aliphatic hydroxyl groups is 1. The van der Waals surface area contributed by atoms with E-state index in [1.54, 1.807) is 31.4 Å². The van der Waals surface area contributed by atoms with Crippen molar-refractivity contribution < 1.29 is 14.6 Å². The minimum absolute atomic E-state index is 0.0677. The monoisotopic (exact) mass is 249 g/mol. The standard InChI is InChI=1S/C14H19NO3/c1-18-12-4-2-11(3-5-12)13(17)15-10-14(6-7-14)8-9-16/h2-5,16H,6-10H2,1H3,(H,15,17). The van der Waals surface area contributed by atoms with Gasteiger partial charge in [0.1, 0.15) is 5.75 Å². The molecule has 0 saturated heterocycles. The summed E-state index contributed by atoms with van der Waals surface area (Å²) in [7, 11) is 1.60. The average Bonchev–Trinajstić information content (AvgIpc) is 3.17. The molecule has 2 rings (SSSR count). The molecule has 0 radical (unpaired) electrons. The van der Waals surface area contributed by atoms with Gasteiger partial charge >= 0.3 is 0 Å². The van der Waals surface area contributed by atoms with E-state index in [9.17, 15) is 4.79 Å². The number of carbonyl (C=O) groups excluding carboxylic acids is 1. The molecule has 1 amide bonds. The minimum Gasteiger partial charge on any atom is -0.497 e. The lowest BCUT2D eigenvalue weighted by Crippen LogP contribution is -2.30. The van der Waals surface area contributed by atoms with E-state index in [1.165, 1.54) is 0 Å². The second kappa shape index (κ2) is 5.40. The zero-order chi connectivity index (χ0) is 13.0. The molecular formula is C14H19NO3. The van der Waals surface area contributed by atoms with Crippen LogP contribution in [0.3, 0.4) is 0 Å². The summed E-state index contributed by atoms with van der Waals surface area (Å²) in [5, 5.41) is 11.9. The first-order valence-electron chi connectivity index (χ1n) is 6.22. The quantitative estimate of drug-likeness (QED) is 0.805. The Kier molecular flexibility index (Phi) is 3.87. The molecule has 98 valence electrons. The third-order valence-corrected chi connectivity index (χ3v) is 3.58. The Morgan fingerprint density at radius 2 is 2.06 bits per heavy atom. The molecule has 4 heteroatoms. The normalized spacial score (nSPS) is 16.1. The molecule has 1 aliphatic rings. The maximum Gasteiger partial charge on any atom is 0.251 e. The highest BCUT2D eigenvalue weighted by Crippen LogP contribution is 2.47. The summed E-state index contributed by atoms with van der Waals surface area (Å²) in [4.78, 5) is 11.9. The molecule has 0 unspecified atom stereocenters. The van der Waals surface area contributed by atoms with E-state index < -0.39 is 0 Å². The third-order valence-electron chi connectivity index (χ3n) is 3.58. The number of rotatable bonds is 6. The lowest BCUT2D eigenvalue weighted by atomic mass is 10.0. The number of nitrogens with one attached hydrogen (secondary N) is 1. The van der Waals surface area contributed by atoms with Crippen molar-refractivity contribution >= 4 is 5.91 Å². The highest BCUT2D eigenvalue weighted by atomic mass is 16.5. The molecule has 1 aromatic rings. The van der Waals surface area contributed by atoms with Crippen LogP contribution in [0.5, 0.6) is 5.75 Å². The first-order chi connectivity index (χ1) is 8.69. The van der Waals surface area contributed by atoms with Crippen molar-refractivity contribution in [2.75, 3.05) is 20.3 Å². The van der Waals surface area contributed by atoms with Crippen LogP contribution in [0.25, 0.3) is 0 Å². The highest BCUT2D eigenvalue weighted by molar-refractivity contribution is 5.94. The fourth-order valence-electron chi connectivity index (χ4n) is 2.04. The fourth-order valence-corrected chi connectivity index (χ4v) is 2.04. The number of aliphatic hydroxyl groups excluding tert-OH is 1. The molecule has 1 aromatic carbocycles. The highest BCUT2D eigenvalue weighted by Gasteiger charge is 2.41. The summed E-state index contributed by atoms with van der Waals surface area (Å²) in [6.07, 6.45) is 2.96. The molecule has 0 atom stereocenters. The van der Waals surface area contributed by atoms with Crippen LogP contribution in [0, 0.1) is 5.41 Å². The summed E-state index contributed by atoms with van der Waals surface area (Å²) in [5.74, 6) is 0.673. The van der Waals surface area contributed by atoms with Gasteiger partial charge in [-0.05, 0) is 48.9 Å². The summed E-state index contributed by atoms with van der Waals surface area (Å²) < 4.78 is 5.05. The average molecular weight is 249 g/mol. The van der Waals surface area contributed by atoms with Gasteiger partial charge in [-0.2, -0.15) is 0 Å². The lowest BCUT2D eigenvalue weighted by Gasteiger charge is -2.14. The van der Waals surface area contributed by atoms with Gasteiger partial charge in [0.15, 0.2) is 0 Å². The number of methoxy groups -OCH3 is 1. The SMILES string of the molecule is COc1ccc(C(=O)NCC2(CCO)CC2)cc1. The first kappa shape index (κ1) is 12.9. The van der Waals surface area contributed by atoms with Gasteiger partial charge in [-0.25, -0.2) is 0 Å². The van der Waals surface area contributed by atoms with Crippen LogP contribution in [-0.4, -0.2) is 31.3 Å². The van der Waals surface area contributed by atoms with Gasteiger partial charge in [0.2, 0.25) is 0 Å². The number of benzene rings is 1. The minimum atomic E-state index is -0.0677. The number of carbonyl (C=O) groups is 1. The Morgan fingerprint density at radius 3 is 2.56 bits per heavy atom. The molecule has 0 aromatic heterocycles. The predicted octanol–water partition coefficient (Wildman–Crippen LogP) is 1.59. The Balaban J connectivity index is 1.87. The first-order valence-corrected chi connectivity index (χ1v) is 6.22. The molecule has 1 fully saturated rings. The molecule has 2 N–H and O–H groups in total. The number of hydrogen-bond acceptors (Lipinski definition) is 3. The van der Waals surface area contributed by atoms with Crippen molar-refractivity contribution in [2.24, 2.45) is 5.41 Å². The van der Waals surface area contributed by atoms with Crippen molar-refractivity contribution in [3.05, 3.63) is 29.8 Å². The Hall–Kier alpha value is -1.55. The van der Waals surface area contributed by atoms with Gasteiger partial charge in [0.05, 0.1) is 7.11 Å². The summed E-state index contributed by atoms with van der Waals surface area (Å²) in [6, 6.07) is 7.05. The van der Waals surface area contributed by atoms with Crippen molar-refractivity contribution in [2.45, 2.75) is 19.3 Å². The molecule has 18 heavy (non-hydrogen) atoms. The van der Waals surface area contributed by atoms with Gasteiger partial charge in [-0.3, -0.25) is 4.79 Å². The van der Waals surface area contributed by atoms with Crippen LogP contribution in [-0.2, 0) is 0 Å². The fraction of sp³-hybridized carbons (Fsp3) is 0.500. The molecular weight excluding hydrogens is 230 g/mol. The number of amides is 1.